The van der Waals surface area contributed by atoms with Crippen molar-refractivity contribution < 1.29 is 18.0 Å². The van der Waals surface area contributed by atoms with E-state index in [0.29, 0.717) is 10.6 Å². The molecule has 0 saturated carbocycles. The van der Waals surface area contributed by atoms with Gasteiger partial charge in [-0.3, -0.25) is 4.79 Å². The van der Waals surface area contributed by atoms with Crippen LogP contribution >= 0.6 is 11.3 Å². The second kappa shape index (κ2) is 7.06. The number of thiazole rings is 1. The number of benzene rings is 2. The zero-order valence-corrected chi connectivity index (χ0v) is 14.0. The highest BCUT2D eigenvalue weighted by Gasteiger charge is 2.21. The van der Waals surface area contributed by atoms with Crippen LogP contribution in [0.5, 0.6) is 0 Å². The van der Waals surface area contributed by atoms with Crippen LogP contribution in [0.1, 0.15) is 16.6 Å². The molecule has 0 aliphatic rings. The highest BCUT2D eigenvalue weighted by molar-refractivity contribution is 7.17. The average molecular weight is 362 g/mol. The molecule has 1 aromatic heterocycles. The molecule has 1 heterocycles. The van der Waals surface area contributed by atoms with E-state index >= 15 is 0 Å². The van der Waals surface area contributed by atoms with E-state index in [-0.39, 0.29) is 17.1 Å². The van der Waals surface area contributed by atoms with E-state index in [9.17, 15) is 18.0 Å². The van der Waals surface area contributed by atoms with Gasteiger partial charge in [-0.05, 0) is 31.2 Å². The minimum absolute atomic E-state index is 0.243. The van der Waals surface area contributed by atoms with Crippen molar-refractivity contribution in [3.63, 3.8) is 0 Å². The highest BCUT2D eigenvalue weighted by Crippen LogP contribution is 2.29. The monoisotopic (exact) mass is 362 g/mol. The summed E-state index contributed by atoms with van der Waals surface area (Å²) in [6.07, 6.45) is 1.36. The van der Waals surface area contributed by atoms with Crippen LogP contribution in [-0.4, -0.2) is 17.4 Å². The van der Waals surface area contributed by atoms with Crippen LogP contribution in [0.25, 0.3) is 10.6 Å². The lowest BCUT2D eigenvalue weighted by molar-refractivity contribution is 0.0992. The molecule has 3 aromatic rings. The van der Waals surface area contributed by atoms with Gasteiger partial charge in [0.1, 0.15) is 15.7 Å². The van der Waals surface area contributed by atoms with Gasteiger partial charge in [0.2, 0.25) is 0 Å². The minimum Gasteiger partial charge on any atom is -0.308 e. The summed E-state index contributed by atoms with van der Waals surface area (Å²) in [5.41, 5.74) is 0.551. The van der Waals surface area contributed by atoms with Crippen molar-refractivity contribution >= 4 is 22.9 Å². The van der Waals surface area contributed by atoms with Crippen LogP contribution in [-0.2, 0) is 0 Å². The van der Waals surface area contributed by atoms with Crippen molar-refractivity contribution in [1.29, 1.82) is 0 Å². The minimum atomic E-state index is -1.03. The van der Waals surface area contributed by atoms with E-state index in [0.717, 1.165) is 23.5 Å². The molecule has 0 fully saturated rings. The third kappa shape index (κ3) is 3.41. The van der Waals surface area contributed by atoms with Gasteiger partial charge in [-0.15, -0.1) is 11.3 Å². The van der Waals surface area contributed by atoms with Gasteiger partial charge in [-0.25, -0.2) is 18.2 Å². The standard InChI is InChI=1S/C18H13F3N2OS/c1-2-23(11-7-8-14(20)15(21)9-11)18(24)16-10-22-17(25-16)12-5-3-4-6-13(12)19/h3-10H,2H2,1H3. The van der Waals surface area contributed by atoms with Crippen LogP contribution in [0, 0.1) is 17.5 Å². The van der Waals surface area contributed by atoms with Gasteiger partial charge in [-0.2, -0.15) is 0 Å². The van der Waals surface area contributed by atoms with Crippen molar-refractivity contribution in [3.05, 3.63) is 71.0 Å². The number of hydrogen-bond donors (Lipinski definition) is 0. The molecule has 128 valence electrons. The molecular formula is C18H13F3N2OS. The summed E-state index contributed by atoms with van der Waals surface area (Å²) in [4.78, 5) is 18.4. The number of carbonyl (C=O) groups is 1. The van der Waals surface area contributed by atoms with Crippen molar-refractivity contribution in [3.8, 4) is 10.6 Å². The largest absolute Gasteiger partial charge is 0.308 e. The Morgan fingerprint density at radius 3 is 2.52 bits per heavy atom. The van der Waals surface area contributed by atoms with Gasteiger partial charge in [0.15, 0.2) is 11.6 Å². The fourth-order valence-corrected chi connectivity index (χ4v) is 3.25. The van der Waals surface area contributed by atoms with E-state index in [4.69, 9.17) is 0 Å². The molecule has 0 spiro atoms. The third-order valence-electron chi connectivity index (χ3n) is 3.60. The predicted octanol–water partition coefficient (Wildman–Crippen LogP) is 4.89. The van der Waals surface area contributed by atoms with E-state index < -0.39 is 23.4 Å². The highest BCUT2D eigenvalue weighted by atomic mass is 32.1. The molecule has 7 heteroatoms. The van der Waals surface area contributed by atoms with Crippen LogP contribution in [0.2, 0.25) is 0 Å². The maximum atomic E-state index is 13.9. The maximum absolute atomic E-state index is 13.9. The van der Waals surface area contributed by atoms with Gasteiger partial charge in [0.05, 0.1) is 6.20 Å². The average Bonchev–Trinajstić information content (AvgIpc) is 3.09. The van der Waals surface area contributed by atoms with Crippen LogP contribution in [0.15, 0.2) is 48.7 Å². The van der Waals surface area contributed by atoms with Crippen molar-refractivity contribution in [1.82, 2.24) is 4.98 Å². The number of aromatic nitrogens is 1. The molecule has 2 aromatic carbocycles. The first-order valence-corrected chi connectivity index (χ1v) is 8.30. The molecule has 0 radical (unpaired) electrons. The van der Waals surface area contributed by atoms with Gasteiger partial charge in [0.25, 0.3) is 5.91 Å². The van der Waals surface area contributed by atoms with E-state index in [1.807, 2.05) is 0 Å². The van der Waals surface area contributed by atoms with Crippen LogP contribution in [0.3, 0.4) is 0 Å². The zero-order chi connectivity index (χ0) is 18.0. The Bertz CT molecular complexity index is 926. The Kier molecular flexibility index (Phi) is 4.85. The molecular weight excluding hydrogens is 349 g/mol. The summed E-state index contributed by atoms with van der Waals surface area (Å²) in [5, 5.41) is 0.378. The Labute approximate surface area is 146 Å². The molecule has 3 nitrogen and oxygen atoms in total. The third-order valence-corrected chi connectivity index (χ3v) is 4.62. The number of halogens is 3. The summed E-state index contributed by atoms with van der Waals surface area (Å²) in [7, 11) is 0. The number of carbonyl (C=O) groups excluding carboxylic acids is 1. The van der Waals surface area contributed by atoms with Crippen molar-refractivity contribution in [2.24, 2.45) is 0 Å². The first-order valence-electron chi connectivity index (χ1n) is 7.49. The van der Waals surface area contributed by atoms with Gasteiger partial charge in [0, 0.05) is 23.9 Å². The summed E-state index contributed by atoms with van der Waals surface area (Å²) < 4.78 is 40.4. The van der Waals surface area contributed by atoms with Crippen molar-refractivity contribution in [2.45, 2.75) is 6.92 Å². The molecule has 0 atom stereocenters. The number of anilines is 1. The summed E-state index contributed by atoms with van der Waals surface area (Å²) in [6.45, 7) is 1.98. The number of rotatable bonds is 4. The van der Waals surface area contributed by atoms with E-state index in [1.54, 1.807) is 25.1 Å². The first kappa shape index (κ1) is 17.2. The molecule has 0 aliphatic carbocycles. The molecule has 0 bridgehead atoms. The molecule has 25 heavy (non-hydrogen) atoms. The summed E-state index contributed by atoms with van der Waals surface area (Å²) in [5.74, 6) is -2.84. The Morgan fingerprint density at radius 1 is 1.08 bits per heavy atom. The lowest BCUT2D eigenvalue weighted by Gasteiger charge is -2.20. The topological polar surface area (TPSA) is 33.2 Å². The Hall–Kier alpha value is -2.67. The van der Waals surface area contributed by atoms with Crippen molar-refractivity contribution in [2.75, 3.05) is 11.4 Å². The SMILES string of the molecule is CCN(C(=O)c1cnc(-c2ccccc2F)s1)c1ccc(F)c(F)c1. The fourth-order valence-electron chi connectivity index (χ4n) is 2.36. The fraction of sp³-hybridized carbons (Fsp3) is 0.111. The van der Waals surface area contributed by atoms with Crippen LogP contribution < -0.4 is 4.90 Å². The van der Waals surface area contributed by atoms with E-state index in [2.05, 4.69) is 4.98 Å². The second-order valence-electron chi connectivity index (χ2n) is 5.16. The smallest absolute Gasteiger partial charge is 0.269 e. The maximum Gasteiger partial charge on any atom is 0.269 e. The molecule has 0 aliphatic heterocycles. The predicted molar refractivity (Wildman–Crippen MR) is 91.2 cm³/mol. The normalized spacial score (nSPS) is 10.7. The van der Waals surface area contributed by atoms with Gasteiger partial charge >= 0.3 is 0 Å². The lowest BCUT2D eigenvalue weighted by atomic mass is 10.2. The number of amides is 1. The molecule has 0 saturated heterocycles. The van der Waals surface area contributed by atoms with Crippen LogP contribution in [0.4, 0.5) is 18.9 Å². The van der Waals surface area contributed by atoms with E-state index in [1.165, 1.54) is 23.2 Å². The quantitative estimate of drug-likeness (QED) is 0.662. The number of nitrogens with zero attached hydrogens (tertiary/aromatic N) is 2. The Balaban J connectivity index is 1.92. The van der Waals surface area contributed by atoms with Gasteiger partial charge in [-0.1, -0.05) is 12.1 Å². The first-order chi connectivity index (χ1) is 12.0. The van der Waals surface area contributed by atoms with Gasteiger partial charge < -0.3 is 4.90 Å². The molecule has 0 N–H and O–H groups in total. The number of hydrogen-bond acceptors (Lipinski definition) is 3. The Morgan fingerprint density at radius 2 is 1.84 bits per heavy atom. The molecule has 3 rings (SSSR count). The molecule has 0 unspecified atom stereocenters. The summed E-state index contributed by atoms with van der Waals surface area (Å²) in [6, 6.07) is 9.42. The summed E-state index contributed by atoms with van der Waals surface area (Å²) >= 11 is 1.04. The zero-order valence-electron chi connectivity index (χ0n) is 13.2. The second-order valence-corrected chi connectivity index (χ2v) is 6.19. The lowest BCUT2D eigenvalue weighted by Crippen LogP contribution is -2.30. The molecule has 1 amide bonds.